The number of benzene rings is 1. The van der Waals surface area contributed by atoms with Gasteiger partial charge in [-0.25, -0.2) is 0 Å². The van der Waals surface area contributed by atoms with Gasteiger partial charge >= 0.3 is 0 Å². The van der Waals surface area contributed by atoms with E-state index in [0.29, 0.717) is 18.9 Å². The van der Waals surface area contributed by atoms with Crippen molar-refractivity contribution in [1.82, 2.24) is 10.6 Å². The van der Waals surface area contributed by atoms with E-state index in [9.17, 15) is 4.79 Å². The quantitative estimate of drug-likeness (QED) is 0.762. The molecular weight excluding hydrogens is 252 g/mol. The molecular formula is C16H24N2O2. The molecule has 2 unspecified atom stereocenters. The highest BCUT2D eigenvalue weighted by molar-refractivity contribution is 5.85. The van der Waals surface area contributed by atoms with Gasteiger partial charge in [-0.1, -0.05) is 38.1 Å². The molecule has 1 aliphatic rings. The van der Waals surface area contributed by atoms with Gasteiger partial charge in [0.1, 0.15) is 0 Å². The van der Waals surface area contributed by atoms with Gasteiger partial charge < -0.3 is 15.7 Å². The van der Waals surface area contributed by atoms with E-state index in [0.717, 1.165) is 12.1 Å². The van der Waals surface area contributed by atoms with E-state index < -0.39 is 0 Å². The van der Waals surface area contributed by atoms with Gasteiger partial charge in [0.25, 0.3) is 0 Å². The van der Waals surface area contributed by atoms with E-state index in [1.165, 1.54) is 5.56 Å². The molecule has 0 radical (unpaired) electrons. The molecule has 4 heteroatoms. The standard InChI is InChI=1S/C16H24N2O2/c1-11(2)15(7-8-19)18-16(20)14-10-17-9-12-5-3-4-6-13(12)14/h3-6,11,14-15,17,19H,7-10H2,1-2H3,(H,18,20). The summed E-state index contributed by atoms with van der Waals surface area (Å²) in [5.74, 6) is 0.231. The highest BCUT2D eigenvalue weighted by Gasteiger charge is 2.28. The van der Waals surface area contributed by atoms with Crippen LogP contribution in [0.2, 0.25) is 0 Å². The maximum absolute atomic E-state index is 12.5. The normalized spacial score (nSPS) is 19.5. The first-order valence-corrected chi connectivity index (χ1v) is 7.33. The number of aliphatic hydroxyl groups is 1. The molecule has 1 aromatic carbocycles. The Morgan fingerprint density at radius 1 is 1.45 bits per heavy atom. The van der Waals surface area contributed by atoms with Crippen LogP contribution in [-0.2, 0) is 11.3 Å². The third-order valence-electron chi connectivity index (χ3n) is 3.98. The van der Waals surface area contributed by atoms with E-state index >= 15 is 0 Å². The zero-order valence-electron chi connectivity index (χ0n) is 12.2. The van der Waals surface area contributed by atoms with E-state index in [4.69, 9.17) is 5.11 Å². The molecule has 0 bridgehead atoms. The number of carbonyl (C=O) groups excluding carboxylic acids is 1. The molecule has 1 heterocycles. The van der Waals surface area contributed by atoms with Gasteiger partial charge in [-0.3, -0.25) is 4.79 Å². The summed E-state index contributed by atoms with van der Waals surface area (Å²) in [5, 5.41) is 15.5. The second-order valence-corrected chi connectivity index (χ2v) is 5.75. The van der Waals surface area contributed by atoms with Crippen molar-refractivity contribution in [3.63, 3.8) is 0 Å². The van der Waals surface area contributed by atoms with Crippen molar-refractivity contribution in [2.75, 3.05) is 13.2 Å². The third kappa shape index (κ3) is 3.38. The minimum absolute atomic E-state index is 0.0292. The number of nitrogens with one attached hydrogen (secondary N) is 2. The minimum atomic E-state index is -0.139. The summed E-state index contributed by atoms with van der Waals surface area (Å²) < 4.78 is 0. The van der Waals surface area contributed by atoms with E-state index in [1.54, 1.807) is 0 Å². The predicted octanol–water partition coefficient (Wildman–Crippen LogP) is 1.40. The lowest BCUT2D eigenvalue weighted by atomic mass is 9.89. The van der Waals surface area contributed by atoms with Gasteiger partial charge in [0, 0.05) is 25.7 Å². The first kappa shape index (κ1) is 15.0. The molecule has 4 nitrogen and oxygen atoms in total. The van der Waals surface area contributed by atoms with Crippen LogP contribution in [0.4, 0.5) is 0 Å². The van der Waals surface area contributed by atoms with E-state index in [1.807, 2.05) is 18.2 Å². The minimum Gasteiger partial charge on any atom is -0.396 e. The Balaban J connectivity index is 2.10. The monoisotopic (exact) mass is 276 g/mol. The van der Waals surface area contributed by atoms with Crippen molar-refractivity contribution in [3.8, 4) is 0 Å². The maximum atomic E-state index is 12.5. The summed E-state index contributed by atoms with van der Waals surface area (Å²) in [4.78, 5) is 12.5. The average Bonchev–Trinajstić information content (AvgIpc) is 2.46. The molecule has 1 amide bonds. The van der Waals surface area contributed by atoms with Crippen LogP contribution in [0, 0.1) is 5.92 Å². The fourth-order valence-electron chi connectivity index (χ4n) is 2.72. The molecule has 20 heavy (non-hydrogen) atoms. The average molecular weight is 276 g/mol. The van der Waals surface area contributed by atoms with Crippen LogP contribution in [0.15, 0.2) is 24.3 Å². The number of hydrogen-bond donors (Lipinski definition) is 3. The summed E-state index contributed by atoms with van der Waals surface area (Å²) in [6, 6.07) is 8.12. The number of carbonyl (C=O) groups is 1. The number of hydrogen-bond acceptors (Lipinski definition) is 3. The Bertz CT molecular complexity index is 460. The Kier molecular flexibility index (Phi) is 5.15. The van der Waals surface area contributed by atoms with Gasteiger partial charge in [-0.15, -0.1) is 0 Å². The Morgan fingerprint density at radius 3 is 2.90 bits per heavy atom. The van der Waals surface area contributed by atoms with Crippen molar-refractivity contribution < 1.29 is 9.90 Å². The fraction of sp³-hybridized carbons (Fsp3) is 0.562. The molecule has 0 aromatic heterocycles. The number of amides is 1. The topological polar surface area (TPSA) is 61.4 Å². The molecule has 0 fully saturated rings. The number of fused-ring (bicyclic) bond motifs is 1. The first-order chi connectivity index (χ1) is 9.63. The van der Waals surface area contributed by atoms with Gasteiger partial charge in [-0.05, 0) is 23.5 Å². The third-order valence-corrected chi connectivity index (χ3v) is 3.98. The highest BCUT2D eigenvalue weighted by atomic mass is 16.3. The number of rotatable bonds is 5. The smallest absolute Gasteiger partial charge is 0.229 e. The Morgan fingerprint density at radius 2 is 2.20 bits per heavy atom. The lowest BCUT2D eigenvalue weighted by molar-refractivity contribution is -0.123. The molecule has 1 aliphatic heterocycles. The second-order valence-electron chi connectivity index (χ2n) is 5.75. The highest BCUT2D eigenvalue weighted by Crippen LogP contribution is 2.24. The summed E-state index contributed by atoms with van der Waals surface area (Å²) in [6.45, 7) is 5.72. The summed E-state index contributed by atoms with van der Waals surface area (Å²) >= 11 is 0. The Hall–Kier alpha value is -1.39. The van der Waals surface area contributed by atoms with Crippen LogP contribution in [0.1, 0.15) is 37.3 Å². The molecule has 110 valence electrons. The van der Waals surface area contributed by atoms with Gasteiger partial charge in [0.15, 0.2) is 0 Å². The lowest BCUT2D eigenvalue weighted by Crippen LogP contribution is -2.45. The SMILES string of the molecule is CC(C)C(CCO)NC(=O)C1CNCc2ccccc21. The van der Waals surface area contributed by atoms with Gasteiger partial charge in [0.2, 0.25) is 5.91 Å². The molecule has 0 spiro atoms. The van der Waals surface area contributed by atoms with E-state index in [-0.39, 0.29) is 24.5 Å². The summed E-state index contributed by atoms with van der Waals surface area (Å²) in [6.07, 6.45) is 0.602. The molecule has 2 rings (SSSR count). The van der Waals surface area contributed by atoms with Crippen LogP contribution in [0.3, 0.4) is 0 Å². The second kappa shape index (κ2) is 6.86. The summed E-state index contributed by atoms with van der Waals surface area (Å²) in [7, 11) is 0. The van der Waals surface area contributed by atoms with Crippen LogP contribution in [0.25, 0.3) is 0 Å². The van der Waals surface area contributed by atoms with Crippen LogP contribution in [-0.4, -0.2) is 30.2 Å². The van der Waals surface area contributed by atoms with Crippen molar-refractivity contribution in [1.29, 1.82) is 0 Å². The number of aliphatic hydroxyl groups excluding tert-OH is 1. The van der Waals surface area contributed by atoms with Crippen LogP contribution >= 0.6 is 0 Å². The van der Waals surface area contributed by atoms with Gasteiger partial charge in [0.05, 0.1) is 5.92 Å². The van der Waals surface area contributed by atoms with Crippen molar-refractivity contribution >= 4 is 5.91 Å². The predicted molar refractivity (Wildman–Crippen MR) is 79.4 cm³/mol. The summed E-state index contributed by atoms with van der Waals surface area (Å²) in [5.41, 5.74) is 2.32. The van der Waals surface area contributed by atoms with Crippen molar-refractivity contribution in [2.24, 2.45) is 5.92 Å². The van der Waals surface area contributed by atoms with E-state index in [2.05, 4.69) is 30.5 Å². The fourth-order valence-corrected chi connectivity index (χ4v) is 2.72. The zero-order valence-corrected chi connectivity index (χ0v) is 12.2. The van der Waals surface area contributed by atoms with Crippen molar-refractivity contribution in [2.45, 2.75) is 38.8 Å². The van der Waals surface area contributed by atoms with Gasteiger partial charge in [-0.2, -0.15) is 0 Å². The van der Waals surface area contributed by atoms with Crippen LogP contribution < -0.4 is 10.6 Å². The zero-order chi connectivity index (χ0) is 14.5. The molecule has 1 aromatic rings. The van der Waals surface area contributed by atoms with Crippen molar-refractivity contribution in [3.05, 3.63) is 35.4 Å². The Labute approximate surface area is 120 Å². The molecule has 2 atom stereocenters. The first-order valence-electron chi connectivity index (χ1n) is 7.33. The molecule has 0 saturated carbocycles. The lowest BCUT2D eigenvalue weighted by Gasteiger charge is -2.29. The maximum Gasteiger partial charge on any atom is 0.229 e. The molecule has 3 N–H and O–H groups in total. The largest absolute Gasteiger partial charge is 0.396 e. The molecule has 0 aliphatic carbocycles. The molecule has 0 saturated heterocycles. The van der Waals surface area contributed by atoms with Crippen LogP contribution in [0.5, 0.6) is 0 Å².